The van der Waals surface area contributed by atoms with Gasteiger partial charge in [0.05, 0.1) is 5.69 Å². The van der Waals surface area contributed by atoms with Crippen LogP contribution < -0.4 is 5.73 Å². The molecule has 1 aromatic rings. The number of likely N-dealkylation sites (tertiary alicyclic amines) is 1. The van der Waals surface area contributed by atoms with Gasteiger partial charge in [-0.1, -0.05) is 13.8 Å². The number of nitrogens with zero attached hydrogens (tertiary/aromatic N) is 2. The first-order chi connectivity index (χ1) is 9.10. The highest BCUT2D eigenvalue weighted by molar-refractivity contribution is 5.16. The van der Waals surface area contributed by atoms with E-state index < -0.39 is 0 Å². The number of aryl methyl sites for hydroxylation is 1. The van der Waals surface area contributed by atoms with E-state index in [0.717, 1.165) is 32.6 Å². The van der Waals surface area contributed by atoms with Crippen molar-refractivity contribution in [3.63, 3.8) is 0 Å². The molecule has 1 aromatic heterocycles. The third-order valence-electron chi connectivity index (χ3n) is 4.03. The molecule has 0 aliphatic carbocycles. The van der Waals surface area contributed by atoms with Crippen LogP contribution in [0.4, 0.5) is 0 Å². The van der Waals surface area contributed by atoms with Gasteiger partial charge in [-0.25, -0.2) is 4.98 Å². The number of hydrogen-bond acceptors (Lipinski definition) is 3. The van der Waals surface area contributed by atoms with E-state index in [1.165, 1.54) is 30.1 Å². The van der Waals surface area contributed by atoms with Crippen LogP contribution in [-0.2, 0) is 6.42 Å². The molecule has 0 atom stereocenters. The molecule has 1 aliphatic heterocycles. The van der Waals surface area contributed by atoms with Crippen LogP contribution in [0, 0.1) is 12.8 Å². The van der Waals surface area contributed by atoms with Crippen molar-refractivity contribution in [2.45, 2.75) is 46.0 Å². The molecule has 4 nitrogen and oxygen atoms in total. The molecule has 0 spiro atoms. The van der Waals surface area contributed by atoms with Crippen molar-refractivity contribution in [1.29, 1.82) is 0 Å². The van der Waals surface area contributed by atoms with Gasteiger partial charge < -0.3 is 15.6 Å². The molecule has 1 aliphatic rings. The Morgan fingerprint density at radius 1 is 1.37 bits per heavy atom. The third kappa shape index (κ3) is 3.80. The quantitative estimate of drug-likeness (QED) is 0.856. The molecule has 1 fully saturated rings. The van der Waals surface area contributed by atoms with Crippen LogP contribution in [0.2, 0.25) is 0 Å². The summed E-state index contributed by atoms with van der Waals surface area (Å²) in [6.45, 7) is 10.8. The Morgan fingerprint density at radius 2 is 2.05 bits per heavy atom. The average molecular weight is 264 g/mol. The number of aromatic nitrogens is 2. The van der Waals surface area contributed by atoms with E-state index in [1.54, 1.807) is 0 Å². The molecule has 0 saturated carbocycles. The van der Waals surface area contributed by atoms with Gasteiger partial charge in [-0.15, -0.1) is 0 Å². The topological polar surface area (TPSA) is 57.9 Å². The van der Waals surface area contributed by atoms with Gasteiger partial charge in [0, 0.05) is 24.7 Å². The third-order valence-corrected chi connectivity index (χ3v) is 4.03. The second kappa shape index (κ2) is 6.53. The number of H-pyrrole nitrogens is 1. The minimum atomic E-state index is 0.605. The summed E-state index contributed by atoms with van der Waals surface area (Å²) in [7, 11) is 0. The molecule has 0 unspecified atom stereocenters. The number of piperidine rings is 1. The molecule has 0 bridgehead atoms. The first-order valence-corrected chi connectivity index (χ1v) is 7.58. The zero-order chi connectivity index (χ0) is 13.8. The van der Waals surface area contributed by atoms with E-state index in [0.29, 0.717) is 11.8 Å². The number of nitrogens with one attached hydrogen (secondary N) is 1. The molecule has 19 heavy (non-hydrogen) atoms. The van der Waals surface area contributed by atoms with Gasteiger partial charge in [-0.2, -0.15) is 0 Å². The van der Waals surface area contributed by atoms with Crippen molar-refractivity contribution in [3.8, 4) is 0 Å². The first kappa shape index (κ1) is 14.5. The fraction of sp³-hybridized carbons (Fsp3) is 0.800. The number of imidazole rings is 1. The van der Waals surface area contributed by atoms with Crippen molar-refractivity contribution in [2.24, 2.45) is 11.7 Å². The van der Waals surface area contributed by atoms with Crippen LogP contribution >= 0.6 is 0 Å². The van der Waals surface area contributed by atoms with Crippen LogP contribution in [-0.4, -0.2) is 41.0 Å². The maximum Gasteiger partial charge on any atom is 0.109 e. The van der Waals surface area contributed by atoms with E-state index in [-0.39, 0.29) is 0 Å². The summed E-state index contributed by atoms with van der Waals surface area (Å²) in [5, 5.41) is 0. The lowest BCUT2D eigenvalue weighted by atomic mass is 9.96. The Balaban J connectivity index is 1.96. The predicted molar refractivity (Wildman–Crippen MR) is 79.3 cm³/mol. The van der Waals surface area contributed by atoms with Crippen molar-refractivity contribution in [3.05, 3.63) is 17.2 Å². The van der Waals surface area contributed by atoms with Gasteiger partial charge in [0.1, 0.15) is 5.82 Å². The van der Waals surface area contributed by atoms with Crippen LogP contribution in [0.5, 0.6) is 0 Å². The Bertz CT molecular complexity index is 389. The van der Waals surface area contributed by atoms with Gasteiger partial charge in [0.15, 0.2) is 0 Å². The fourth-order valence-electron chi connectivity index (χ4n) is 2.91. The average Bonchev–Trinajstić information content (AvgIpc) is 2.71. The van der Waals surface area contributed by atoms with Crippen LogP contribution in [0.3, 0.4) is 0 Å². The Hall–Kier alpha value is -0.870. The molecule has 0 radical (unpaired) electrons. The van der Waals surface area contributed by atoms with E-state index >= 15 is 0 Å². The highest BCUT2D eigenvalue weighted by atomic mass is 15.1. The van der Waals surface area contributed by atoms with Gasteiger partial charge >= 0.3 is 0 Å². The summed E-state index contributed by atoms with van der Waals surface area (Å²) in [6, 6.07) is 0. The van der Waals surface area contributed by atoms with Crippen molar-refractivity contribution in [2.75, 3.05) is 26.2 Å². The maximum absolute atomic E-state index is 5.61. The number of aromatic amines is 1. The first-order valence-electron chi connectivity index (χ1n) is 7.58. The Morgan fingerprint density at radius 3 is 2.63 bits per heavy atom. The lowest BCUT2D eigenvalue weighted by Crippen LogP contribution is -2.36. The highest BCUT2D eigenvalue weighted by Crippen LogP contribution is 2.27. The summed E-state index contributed by atoms with van der Waals surface area (Å²) in [5.41, 5.74) is 8.13. The molecule has 108 valence electrons. The zero-order valence-electron chi connectivity index (χ0n) is 12.6. The van der Waals surface area contributed by atoms with Gasteiger partial charge in [0.2, 0.25) is 0 Å². The molecule has 2 rings (SSSR count). The van der Waals surface area contributed by atoms with Crippen LogP contribution in [0.15, 0.2) is 0 Å². The molecule has 0 aromatic carbocycles. The predicted octanol–water partition coefficient (Wildman–Crippen LogP) is 2.05. The minimum absolute atomic E-state index is 0.605. The summed E-state index contributed by atoms with van der Waals surface area (Å²) >= 11 is 0. The van der Waals surface area contributed by atoms with Crippen LogP contribution in [0.25, 0.3) is 0 Å². The van der Waals surface area contributed by atoms with Crippen LogP contribution in [0.1, 0.15) is 49.8 Å². The molecular formula is C15H28N4. The smallest absolute Gasteiger partial charge is 0.109 e. The monoisotopic (exact) mass is 264 g/mol. The zero-order valence-corrected chi connectivity index (χ0v) is 12.6. The Labute approximate surface area is 116 Å². The Kier molecular flexibility index (Phi) is 4.99. The minimum Gasteiger partial charge on any atom is -0.346 e. The van der Waals surface area contributed by atoms with E-state index in [4.69, 9.17) is 10.7 Å². The second-order valence-electron chi connectivity index (χ2n) is 6.20. The SMILES string of the molecule is Cc1[nH]c(C2CCN(CCN)CC2)nc1CC(C)C. The van der Waals surface area contributed by atoms with Crippen molar-refractivity contribution >= 4 is 0 Å². The largest absolute Gasteiger partial charge is 0.346 e. The van der Waals surface area contributed by atoms with Gasteiger partial charge in [0.25, 0.3) is 0 Å². The molecule has 3 N–H and O–H groups in total. The van der Waals surface area contributed by atoms with E-state index in [9.17, 15) is 0 Å². The van der Waals surface area contributed by atoms with Gasteiger partial charge in [-0.05, 0) is 45.2 Å². The summed E-state index contributed by atoms with van der Waals surface area (Å²) in [5.74, 6) is 2.48. The van der Waals surface area contributed by atoms with Crippen molar-refractivity contribution in [1.82, 2.24) is 14.9 Å². The van der Waals surface area contributed by atoms with Crippen molar-refractivity contribution < 1.29 is 0 Å². The molecule has 2 heterocycles. The normalized spacial score (nSPS) is 18.4. The van der Waals surface area contributed by atoms with E-state index in [2.05, 4.69) is 30.7 Å². The lowest BCUT2D eigenvalue weighted by molar-refractivity contribution is 0.215. The summed E-state index contributed by atoms with van der Waals surface area (Å²) in [6.07, 6.45) is 3.48. The highest BCUT2D eigenvalue weighted by Gasteiger charge is 2.23. The second-order valence-corrected chi connectivity index (χ2v) is 6.20. The number of rotatable bonds is 5. The van der Waals surface area contributed by atoms with E-state index in [1.807, 2.05) is 0 Å². The summed E-state index contributed by atoms with van der Waals surface area (Å²) in [4.78, 5) is 10.8. The molecule has 4 heteroatoms. The molecule has 0 amide bonds. The molecular weight excluding hydrogens is 236 g/mol. The van der Waals surface area contributed by atoms with Gasteiger partial charge in [-0.3, -0.25) is 0 Å². The maximum atomic E-state index is 5.61. The standard InChI is InChI=1S/C15H28N4/c1-11(2)10-14-12(3)17-15(18-14)13-4-7-19(8-5-13)9-6-16/h11,13H,4-10,16H2,1-3H3,(H,17,18). The summed E-state index contributed by atoms with van der Waals surface area (Å²) < 4.78 is 0. The number of hydrogen-bond donors (Lipinski definition) is 2. The number of nitrogens with two attached hydrogens (primary N) is 1. The molecule has 1 saturated heterocycles. The fourth-order valence-corrected chi connectivity index (χ4v) is 2.91. The lowest BCUT2D eigenvalue weighted by Gasteiger charge is -2.30.